The van der Waals surface area contributed by atoms with Crippen LogP contribution in [0.3, 0.4) is 0 Å². The molecule has 0 unspecified atom stereocenters. The number of nitrogens with one attached hydrogen (secondary N) is 1. The van der Waals surface area contributed by atoms with Gasteiger partial charge in [0, 0.05) is 15.6 Å². The first kappa shape index (κ1) is 16.8. The van der Waals surface area contributed by atoms with Gasteiger partial charge in [-0.05, 0) is 42.5 Å². The van der Waals surface area contributed by atoms with Gasteiger partial charge in [0.1, 0.15) is 0 Å². The number of hydrogen-bond donors (Lipinski definition) is 1. The van der Waals surface area contributed by atoms with Gasteiger partial charge in [-0.3, -0.25) is 4.79 Å². The number of aromatic nitrogens is 2. The number of rotatable bonds is 4. The van der Waals surface area contributed by atoms with Crippen LogP contribution >= 0.6 is 34.8 Å². The van der Waals surface area contributed by atoms with Crippen molar-refractivity contribution in [3.63, 3.8) is 0 Å². The molecule has 122 valence electrons. The normalized spacial score (nSPS) is 10.6. The summed E-state index contributed by atoms with van der Waals surface area (Å²) < 4.78 is 5.12. The number of amides is 1. The van der Waals surface area contributed by atoms with E-state index in [0.717, 1.165) is 5.56 Å². The number of carbonyl (C=O) groups excluding carboxylic acids is 1. The van der Waals surface area contributed by atoms with Gasteiger partial charge in [0.25, 0.3) is 5.91 Å². The second kappa shape index (κ2) is 7.21. The second-order valence-electron chi connectivity index (χ2n) is 4.83. The molecular weight excluding hydrogens is 373 g/mol. The molecule has 0 saturated heterocycles. The fourth-order valence-corrected chi connectivity index (χ4v) is 2.59. The Kier molecular flexibility index (Phi) is 5.04. The zero-order valence-corrected chi connectivity index (χ0v) is 14.4. The third-order valence-electron chi connectivity index (χ3n) is 3.15. The molecule has 1 N–H and O–H groups in total. The molecule has 24 heavy (non-hydrogen) atoms. The van der Waals surface area contributed by atoms with E-state index >= 15 is 0 Å². The minimum absolute atomic E-state index is 0.0817. The summed E-state index contributed by atoms with van der Waals surface area (Å²) in [6.07, 6.45) is 0. The first-order valence-corrected chi connectivity index (χ1v) is 7.98. The van der Waals surface area contributed by atoms with Gasteiger partial charge in [-0.1, -0.05) is 40.0 Å². The lowest BCUT2D eigenvalue weighted by Crippen LogP contribution is -2.23. The van der Waals surface area contributed by atoms with Gasteiger partial charge < -0.3 is 9.84 Å². The molecule has 0 radical (unpaired) electrons. The van der Waals surface area contributed by atoms with Crippen molar-refractivity contribution in [2.45, 2.75) is 6.54 Å². The molecule has 5 nitrogen and oxygen atoms in total. The van der Waals surface area contributed by atoms with Crippen LogP contribution in [-0.4, -0.2) is 16.0 Å². The molecule has 3 aromatic rings. The van der Waals surface area contributed by atoms with E-state index in [9.17, 15) is 4.79 Å². The van der Waals surface area contributed by atoms with Crippen LogP contribution in [0.2, 0.25) is 15.1 Å². The van der Waals surface area contributed by atoms with Crippen LogP contribution in [0.4, 0.5) is 0 Å². The lowest BCUT2D eigenvalue weighted by Gasteiger charge is -2.04. The van der Waals surface area contributed by atoms with Gasteiger partial charge in [-0.25, -0.2) is 0 Å². The molecule has 0 atom stereocenters. The van der Waals surface area contributed by atoms with Gasteiger partial charge in [0.2, 0.25) is 11.7 Å². The minimum atomic E-state index is -0.358. The molecular formula is C16H10Cl3N3O2. The van der Waals surface area contributed by atoms with Crippen molar-refractivity contribution in [2.75, 3.05) is 0 Å². The fraction of sp³-hybridized carbons (Fsp3) is 0.0625. The molecule has 0 aliphatic rings. The van der Waals surface area contributed by atoms with Gasteiger partial charge in [0.15, 0.2) is 0 Å². The quantitative estimate of drug-likeness (QED) is 0.714. The summed E-state index contributed by atoms with van der Waals surface area (Å²) in [5.74, 6) is 0.335. The molecule has 1 heterocycles. The summed E-state index contributed by atoms with van der Waals surface area (Å²) in [7, 11) is 0. The number of hydrogen-bond acceptors (Lipinski definition) is 4. The Morgan fingerprint density at radius 1 is 1.04 bits per heavy atom. The Bertz CT molecular complexity index is 879. The molecule has 3 rings (SSSR count). The average molecular weight is 383 g/mol. The van der Waals surface area contributed by atoms with Crippen molar-refractivity contribution in [3.8, 4) is 11.4 Å². The van der Waals surface area contributed by atoms with E-state index in [4.69, 9.17) is 39.3 Å². The van der Waals surface area contributed by atoms with Crippen molar-refractivity contribution in [1.82, 2.24) is 15.5 Å². The molecule has 1 aromatic heterocycles. The molecule has 0 bridgehead atoms. The third kappa shape index (κ3) is 3.87. The molecule has 8 heteroatoms. The van der Waals surface area contributed by atoms with Crippen LogP contribution < -0.4 is 5.32 Å². The van der Waals surface area contributed by atoms with Crippen molar-refractivity contribution in [1.29, 1.82) is 0 Å². The van der Waals surface area contributed by atoms with E-state index in [1.165, 1.54) is 6.07 Å². The molecule has 1 amide bonds. The van der Waals surface area contributed by atoms with Crippen LogP contribution in [0, 0.1) is 0 Å². The summed E-state index contributed by atoms with van der Waals surface area (Å²) in [6, 6.07) is 11.7. The summed E-state index contributed by atoms with van der Waals surface area (Å²) >= 11 is 17.6. The molecule has 0 aliphatic carbocycles. The highest BCUT2D eigenvalue weighted by Crippen LogP contribution is 2.21. The van der Waals surface area contributed by atoms with Crippen LogP contribution in [-0.2, 0) is 6.54 Å². The fourth-order valence-electron chi connectivity index (χ4n) is 1.97. The summed E-state index contributed by atoms with van der Waals surface area (Å²) in [6.45, 7) is 0.0817. The predicted molar refractivity (Wildman–Crippen MR) is 92.4 cm³/mol. The molecule has 2 aromatic carbocycles. The zero-order chi connectivity index (χ0) is 17.1. The number of carbonyl (C=O) groups is 1. The maximum atomic E-state index is 12.1. The summed E-state index contributed by atoms with van der Waals surface area (Å²) in [4.78, 5) is 16.3. The highest BCUT2D eigenvalue weighted by Gasteiger charge is 2.13. The van der Waals surface area contributed by atoms with Gasteiger partial charge in [-0.2, -0.15) is 4.98 Å². The van der Waals surface area contributed by atoms with E-state index in [0.29, 0.717) is 21.4 Å². The monoisotopic (exact) mass is 381 g/mol. The highest BCUT2D eigenvalue weighted by atomic mass is 35.5. The lowest BCUT2D eigenvalue weighted by molar-refractivity contribution is 0.0946. The Morgan fingerprint density at radius 2 is 1.75 bits per heavy atom. The number of nitrogens with zero attached hydrogens (tertiary/aromatic N) is 2. The average Bonchev–Trinajstić information content (AvgIpc) is 3.02. The van der Waals surface area contributed by atoms with Gasteiger partial charge >= 0.3 is 0 Å². The third-order valence-corrected chi connectivity index (χ3v) is 3.95. The first-order valence-electron chi connectivity index (χ1n) is 6.85. The van der Waals surface area contributed by atoms with E-state index in [1.54, 1.807) is 36.4 Å². The first-order chi connectivity index (χ1) is 11.5. The second-order valence-corrected chi connectivity index (χ2v) is 6.11. The van der Waals surface area contributed by atoms with E-state index in [1.807, 2.05) is 0 Å². The smallest absolute Gasteiger partial charge is 0.253 e. The molecule has 0 fully saturated rings. The Hall–Kier alpha value is -2.08. The summed E-state index contributed by atoms with van der Waals surface area (Å²) in [5.41, 5.74) is 1.08. The minimum Gasteiger partial charge on any atom is -0.343 e. The Labute approximate surface area is 152 Å². The van der Waals surface area contributed by atoms with Crippen LogP contribution in [0.5, 0.6) is 0 Å². The maximum absolute atomic E-state index is 12.1. The van der Waals surface area contributed by atoms with Crippen LogP contribution in [0.1, 0.15) is 16.2 Å². The SMILES string of the molecule is O=C(NCc1nc(-c2ccc(Cl)cc2)no1)c1ccc(Cl)cc1Cl. The Balaban J connectivity index is 1.67. The summed E-state index contributed by atoms with van der Waals surface area (Å²) in [5, 5.41) is 7.89. The highest BCUT2D eigenvalue weighted by molar-refractivity contribution is 6.36. The number of halogens is 3. The number of benzene rings is 2. The predicted octanol–water partition coefficient (Wildman–Crippen LogP) is 4.63. The lowest BCUT2D eigenvalue weighted by atomic mass is 10.2. The molecule has 0 spiro atoms. The topological polar surface area (TPSA) is 68.0 Å². The van der Waals surface area contributed by atoms with E-state index < -0.39 is 0 Å². The van der Waals surface area contributed by atoms with Crippen molar-refractivity contribution in [2.24, 2.45) is 0 Å². The van der Waals surface area contributed by atoms with E-state index in [2.05, 4.69) is 15.5 Å². The van der Waals surface area contributed by atoms with Crippen molar-refractivity contribution < 1.29 is 9.32 Å². The van der Waals surface area contributed by atoms with Crippen molar-refractivity contribution >= 4 is 40.7 Å². The maximum Gasteiger partial charge on any atom is 0.253 e. The molecule has 0 saturated carbocycles. The zero-order valence-electron chi connectivity index (χ0n) is 12.1. The Morgan fingerprint density at radius 3 is 2.46 bits per heavy atom. The van der Waals surface area contributed by atoms with Crippen LogP contribution in [0.25, 0.3) is 11.4 Å². The van der Waals surface area contributed by atoms with Crippen molar-refractivity contribution in [3.05, 3.63) is 69.0 Å². The largest absolute Gasteiger partial charge is 0.343 e. The van der Waals surface area contributed by atoms with E-state index in [-0.39, 0.29) is 23.4 Å². The van der Waals surface area contributed by atoms with Gasteiger partial charge in [0.05, 0.1) is 17.1 Å². The van der Waals surface area contributed by atoms with Gasteiger partial charge in [-0.15, -0.1) is 0 Å². The standard InChI is InChI=1S/C16H10Cl3N3O2/c17-10-3-1-9(2-4-10)15-21-14(24-22-15)8-20-16(23)12-6-5-11(18)7-13(12)19/h1-7H,8H2,(H,20,23). The molecule has 0 aliphatic heterocycles. The van der Waals surface area contributed by atoms with Crippen LogP contribution in [0.15, 0.2) is 47.0 Å².